The molecular formula is C34H64O10Si3. The molecule has 13 heteroatoms. The van der Waals surface area contributed by atoms with E-state index in [-0.39, 0.29) is 17.7 Å². The number of carboxylic acids is 2. The van der Waals surface area contributed by atoms with E-state index in [4.69, 9.17) is 17.7 Å². The van der Waals surface area contributed by atoms with Crippen molar-refractivity contribution in [2.24, 2.45) is 23.7 Å². The number of ether oxygens (including phenoxy) is 2. The first kappa shape index (κ1) is 41.6. The highest BCUT2D eigenvalue weighted by atomic mass is 28.5. The van der Waals surface area contributed by atoms with Gasteiger partial charge in [0, 0.05) is 0 Å². The summed E-state index contributed by atoms with van der Waals surface area (Å²) in [6, 6.07) is 0.976. The van der Waals surface area contributed by atoms with Gasteiger partial charge in [0.15, 0.2) is 8.32 Å². The van der Waals surface area contributed by atoms with E-state index in [9.17, 15) is 29.4 Å². The molecule has 0 radical (unpaired) electrons. The molecule has 0 spiro atoms. The summed E-state index contributed by atoms with van der Waals surface area (Å²) in [4.78, 5) is 49.2. The van der Waals surface area contributed by atoms with Gasteiger partial charge in [-0.3, -0.25) is 19.2 Å². The third-order valence-corrected chi connectivity index (χ3v) is 21.6. The van der Waals surface area contributed by atoms with Crippen molar-refractivity contribution < 1.29 is 47.1 Å². The summed E-state index contributed by atoms with van der Waals surface area (Å²) in [6.45, 7) is 15.3. The molecule has 2 fully saturated rings. The van der Waals surface area contributed by atoms with E-state index in [1.54, 1.807) is 0 Å². The molecule has 5 atom stereocenters. The van der Waals surface area contributed by atoms with E-state index in [0.29, 0.717) is 38.7 Å². The Hall–Kier alpha value is -1.55. The van der Waals surface area contributed by atoms with Crippen LogP contribution in [0.1, 0.15) is 110 Å². The van der Waals surface area contributed by atoms with Crippen LogP contribution in [0.15, 0.2) is 0 Å². The number of rotatable bonds is 21. The zero-order valence-corrected chi connectivity index (χ0v) is 33.3. The number of carbonyl (C=O) groups excluding carboxylic acids is 2. The van der Waals surface area contributed by atoms with Crippen molar-refractivity contribution in [1.82, 2.24) is 0 Å². The molecule has 0 saturated heterocycles. The molecule has 10 nitrogen and oxygen atoms in total. The van der Waals surface area contributed by atoms with Gasteiger partial charge in [-0.05, 0) is 83.9 Å². The van der Waals surface area contributed by atoms with Gasteiger partial charge in [0.2, 0.25) is 8.32 Å². The lowest BCUT2D eigenvalue weighted by atomic mass is 9.79. The van der Waals surface area contributed by atoms with Crippen LogP contribution in [0.2, 0.25) is 45.3 Å². The van der Waals surface area contributed by atoms with Crippen LogP contribution in [0.25, 0.3) is 0 Å². The summed E-state index contributed by atoms with van der Waals surface area (Å²) < 4.78 is 25.4. The Morgan fingerprint density at radius 2 is 1.17 bits per heavy atom. The van der Waals surface area contributed by atoms with Gasteiger partial charge in [0.25, 0.3) is 0 Å². The van der Waals surface area contributed by atoms with Crippen molar-refractivity contribution in [3.8, 4) is 0 Å². The Bertz CT molecular complexity index is 1020. The largest absolute Gasteiger partial charge is 0.481 e. The molecule has 2 aliphatic rings. The molecule has 2 saturated carbocycles. The number of hydrogen-bond acceptors (Lipinski definition) is 8. The molecule has 0 aromatic carbocycles. The normalized spacial score (nSPS) is 23.1. The number of carboxylic acid groups (broad SMARTS) is 2. The Morgan fingerprint density at radius 1 is 0.660 bits per heavy atom. The molecule has 47 heavy (non-hydrogen) atoms. The highest BCUT2D eigenvalue weighted by Crippen LogP contribution is 2.34. The maximum Gasteiger partial charge on any atom is 0.311 e. The fourth-order valence-corrected chi connectivity index (χ4v) is 21.8. The average molecular weight is 717 g/mol. The molecule has 0 amide bonds. The Kier molecular flexibility index (Phi) is 17.3. The second-order valence-corrected chi connectivity index (χ2v) is 27.7. The number of aliphatic carboxylic acids is 2. The standard InChI is InChI=1S/C34H64O10Si3/c1-8-9-12-23-30(42-34(40)29-22-16-14-20-27(29)32(37)38)46(4,5)44-47(6,7)43-45(2,3)25-18-11-10-17-24-41-33(39)28-21-15-13-19-26(28)31(35)36/h26-30H,8-25H2,1-7H3,(H,35,36)(H,37,38). The SMILES string of the molecule is CCCCCC(OC(=O)C1CCCCC1C(=O)O)[Si](C)(C)O[Si](C)(C)O[Si](C)(C)CCCCCCOC(=O)C1CCCCC1C(=O)O. The Morgan fingerprint density at radius 3 is 1.70 bits per heavy atom. The molecule has 0 heterocycles. The van der Waals surface area contributed by atoms with Crippen molar-refractivity contribution in [2.45, 2.75) is 161 Å². The van der Waals surface area contributed by atoms with Crippen molar-refractivity contribution in [2.75, 3.05) is 6.61 Å². The summed E-state index contributed by atoms with van der Waals surface area (Å²) >= 11 is 0. The lowest BCUT2D eigenvalue weighted by Gasteiger charge is -2.42. The zero-order valence-electron chi connectivity index (χ0n) is 30.3. The summed E-state index contributed by atoms with van der Waals surface area (Å²) in [5.41, 5.74) is -0.361. The molecule has 2 rings (SSSR count). The zero-order chi connectivity index (χ0) is 35.3. The van der Waals surface area contributed by atoms with E-state index >= 15 is 0 Å². The lowest BCUT2D eigenvalue weighted by Crippen LogP contribution is -2.58. The van der Waals surface area contributed by atoms with E-state index in [1.165, 1.54) is 0 Å². The van der Waals surface area contributed by atoms with Crippen LogP contribution in [0.5, 0.6) is 0 Å². The first-order chi connectivity index (χ1) is 22.0. The quantitative estimate of drug-likeness (QED) is 0.0680. The first-order valence-corrected chi connectivity index (χ1v) is 27.1. The van der Waals surface area contributed by atoms with Crippen LogP contribution in [-0.4, -0.2) is 71.6 Å². The number of unbranched alkanes of at least 4 members (excludes halogenated alkanes) is 5. The third-order valence-electron chi connectivity index (χ3n) is 9.82. The van der Waals surface area contributed by atoms with Gasteiger partial charge in [0.1, 0.15) is 5.73 Å². The number of esters is 2. The highest BCUT2D eigenvalue weighted by molar-refractivity contribution is 6.88. The van der Waals surface area contributed by atoms with Crippen LogP contribution in [0.3, 0.4) is 0 Å². The van der Waals surface area contributed by atoms with Gasteiger partial charge in [-0.25, -0.2) is 0 Å². The molecule has 0 aromatic rings. The van der Waals surface area contributed by atoms with E-state index in [1.807, 2.05) is 0 Å². The minimum absolute atomic E-state index is 0.328. The maximum absolute atomic E-state index is 13.4. The van der Waals surface area contributed by atoms with Gasteiger partial charge >= 0.3 is 32.4 Å². The predicted molar refractivity (Wildman–Crippen MR) is 189 cm³/mol. The van der Waals surface area contributed by atoms with Crippen molar-refractivity contribution in [3.63, 3.8) is 0 Å². The van der Waals surface area contributed by atoms with E-state index < -0.39 is 60.8 Å². The number of carbonyl (C=O) groups is 4. The van der Waals surface area contributed by atoms with Gasteiger partial charge in [-0.2, -0.15) is 0 Å². The molecule has 272 valence electrons. The molecular weight excluding hydrogens is 653 g/mol. The van der Waals surface area contributed by atoms with Crippen LogP contribution in [-0.2, 0) is 36.9 Å². The first-order valence-electron chi connectivity index (χ1n) is 18.2. The van der Waals surface area contributed by atoms with Crippen LogP contribution in [0, 0.1) is 23.7 Å². The van der Waals surface area contributed by atoms with Crippen molar-refractivity contribution >= 4 is 49.1 Å². The van der Waals surface area contributed by atoms with Crippen LogP contribution in [0.4, 0.5) is 0 Å². The molecule has 2 N–H and O–H groups in total. The lowest BCUT2D eigenvalue weighted by molar-refractivity contribution is -0.161. The van der Waals surface area contributed by atoms with Gasteiger partial charge in [0.05, 0.1) is 30.3 Å². The minimum atomic E-state index is -2.59. The predicted octanol–water partition coefficient (Wildman–Crippen LogP) is 8.05. The molecule has 0 bridgehead atoms. The molecule has 5 unspecified atom stereocenters. The van der Waals surface area contributed by atoms with E-state index in [0.717, 1.165) is 76.7 Å². The molecule has 0 aromatic heterocycles. The van der Waals surface area contributed by atoms with Crippen molar-refractivity contribution in [3.05, 3.63) is 0 Å². The summed E-state index contributed by atoms with van der Waals surface area (Å²) in [5, 5.41) is 19.2. The van der Waals surface area contributed by atoms with E-state index in [2.05, 4.69) is 46.2 Å². The minimum Gasteiger partial charge on any atom is -0.481 e. The third kappa shape index (κ3) is 14.5. The maximum atomic E-state index is 13.4. The van der Waals surface area contributed by atoms with Crippen molar-refractivity contribution in [1.29, 1.82) is 0 Å². The van der Waals surface area contributed by atoms with Crippen LogP contribution >= 0.6 is 0 Å². The monoisotopic (exact) mass is 716 g/mol. The fourth-order valence-electron chi connectivity index (χ4n) is 7.50. The van der Waals surface area contributed by atoms with Gasteiger partial charge < -0.3 is 27.9 Å². The summed E-state index contributed by atoms with van der Waals surface area (Å²) in [5.74, 6) is -4.97. The second-order valence-electron chi connectivity index (χ2n) is 15.4. The Labute approximate surface area is 286 Å². The molecule has 2 aliphatic carbocycles. The second kappa shape index (κ2) is 19.6. The van der Waals surface area contributed by atoms with Crippen LogP contribution < -0.4 is 0 Å². The summed E-state index contributed by atoms with van der Waals surface area (Å²) in [6.07, 6.45) is 13.0. The van der Waals surface area contributed by atoms with Gasteiger partial charge in [-0.1, -0.05) is 71.1 Å². The smallest absolute Gasteiger partial charge is 0.311 e. The topological polar surface area (TPSA) is 146 Å². The summed E-state index contributed by atoms with van der Waals surface area (Å²) in [7, 11) is -7.24. The Balaban J connectivity index is 1.85. The molecule has 0 aliphatic heterocycles. The van der Waals surface area contributed by atoms with Gasteiger partial charge in [-0.15, -0.1) is 0 Å². The number of hydrogen-bond donors (Lipinski definition) is 2. The fraction of sp³-hybridized carbons (Fsp3) is 0.882. The average Bonchev–Trinajstić information content (AvgIpc) is 2.98. The highest BCUT2D eigenvalue weighted by Gasteiger charge is 2.46.